The molecule has 1 heterocycles. The SMILES string of the molecule is CC1CCCC(C)N1NC(=O)CCc1ccc(N)cc1. The molecule has 1 amide bonds. The summed E-state index contributed by atoms with van der Waals surface area (Å²) in [6, 6.07) is 8.58. The highest BCUT2D eigenvalue weighted by Crippen LogP contribution is 2.20. The Bertz CT molecular complexity index is 434. The van der Waals surface area contributed by atoms with Crippen LogP contribution in [-0.4, -0.2) is 23.0 Å². The quantitative estimate of drug-likeness (QED) is 0.830. The molecule has 1 aliphatic rings. The predicted octanol–water partition coefficient (Wildman–Crippen LogP) is 2.50. The zero-order valence-corrected chi connectivity index (χ0v) is 12.4. The first-order valence-corrected chi connectivity index (χ1v) is 7.48. The van der Waals surface area contributed by atoms with E-state index in [0.717, 1.165) is 30.5 Å². The van der Waals surface area contributed by atoms with E-state index >= 15 is 0 Å². The van der Waals surface area contributed by atoms with Gasteiger partial charge >= 0.3 is 0 Å². The number of amides is 1. The van der Waals surface area contributed by atoms with Crippen LogP contribution >= 0.6 is 0 Å². The third-order valence-corrected chi connectivity index (χ3v) is 4.07. The van der Waals surface area contributed by atoms with Crippen LogP contribution in [0.2, 0.25) is 0 Å². The third-order valence-electron chi connectivity index (χ3n) is 4.07. The molecule has 2 unspecified atom stereocenters. The lowest BCUT2D eigenvalue weighted by atomic mass is 10.00. The first-order chi connectivity index (χ1) is 9.56. The van der Waals surface area contributed by atoms with Crippen LogP contribution in [-0.2, 0) is 11.2 Å². The summed E-state index contributed by atoms with van der Waals surface area (Å²) >= 11 is 0. The molecule has 0 spiro atoms. The maximum Gasteiger partial charge on any atom is 0.234 e. The number of anilines is 1. The Kier molecular flexibility index (Phi) is 5.01. The molecule has 3 N–H and O–H groups in total. The van der Waals surface area contributed by atoms with E-state index in [-0.39, 0.29) is 5.91 Å². The van der Waals surface area contributed by atoms with Crippen molar-refractivity contribution < 1.29 is 4.79 Å². The minimum atomic E-state index is 0.0995. The van der Waals surface area contributed by atoms with Gasteiger partial charge in [0, 0.05) is 24.2 Å². The van der Waals surface area contributed by atoms with Gasteiger partial charge in [0.05, 0.1) is 0 Å². The fourth-order valence-electron chi connectivity index (χ4n) is 2.78. The van der Waals surface area contributed by atoms with Crippen LogP contribution < -0.4 is 11.2 Å². The van der Waals surface area contributed by atoms with Crippen molar-refractivity contribution in [1.82, 2.24) is 10.4 Å². The number of nitrogen functional groups attached to an aromatic ring is 1. The van der Waals surface area contributed by atoms with Gasteiger partial charge in [0.2, 0.25) is 5.91 Å². The Morgan fingerprint density at radius 3 is 2.45 bits per heavy atom. The second-order valence-corrected chi connectivity index (χ2v) is 5.81. The average molecular weight is 275 g/mol. The summed E-state index contributed by atoms with van der Waals surface area (Å²) in [4.78, 5) is 12.1. The number of hydrogen-bond acceptors (Lipinski definition) is 3. The molecular weight excluding hydrogens is 250 g/mol. The van der Waals surface area contributed by atoms with E-state index in [1.807, 2.05) is 24.3 Å². The second-order valence-electron chi connectivity index (χ2n) is 5.81. The van der Waals surface area contributed by atoms with Crippen molar-refractivity contribution in [3.05, 3.63) is 29.8 Å². The van der Waals surface area contributed by atoms with Gasteiger partial charge in [-0.1, -0.05) is 18.6 Å². The Labute approximate surface area is 121 Å². The van der Waals surface area contributed by atoms with Crippen molar-refractivity contribution in [3.8, 4) is 0 Å². The van der Waals surface area contributed by atoms with E-state index in [0.29, 0.717) is 18.5 Å². The van der Waals surface area contributed by atoms with E-state index < -0.39 is 0 Å². The summed E-state index contributed by atoms with van der Waals surface area (Å²) in [5.74, 6) is 0.0995. The summed E-state index contributed by atoms with van der Waals surface area (Å²) in [5.41, 5.74) is 10.6. The van der Waals surface area contributed by atoms with Crippen molar-refractivity contribution in [2.75, 3.05) is 5.73 Å². The van der Waals surface area contributed by atoms with E-state index in [1.54, 1.807) is 0 Å². The second kappa shape index (κ2) is 6.75. The number of hydrazine groups is 1. The van der Waals surface area contributed by atoms with Gasteiger partial charge < -0.3 is 5.73 Å². The third kappa shape index (κ3) is 3.97. The molecule has 1 fully saturated rings. The molecule has 0 aromatic heterocycles. The minimum absolute atomic E-state index is 0.0995. The zero-order chi connectivity index (χ0) is 14.5. The minimum Gasteiger partial charge on any atom is -0.399 e. The number of carbonyl (C=O) groups excluding carboxylic acids is 1. The first kappa shape index (κ1) is 14.9. The van der Waals surface area contributed by atoms with Gasteiger partial charge in [0.1, 0.15) is 0 Å². The van der Waals surface area contributed by atoms with Crippen molar-refractivity contribution in [2.45, 2.75) is 58.0 Å². The van der Waals surface area contributed by atoms with Crippen LogP contribution in [0.25, 0.3) is 0 Å². The van der Waals surface area contributed by atoms with Crippen molar-refractivity contribution in [2.24, 2.45) is 0 Å². The van der Waals surface area contributed by atoms with Gasteiger partial charge in [0.25, 0.3) is 0 Å². The zero-order valence-electron chi connectivity index (χ0n) is 12.4. The normalized spacial score (nSPS) is 23.5. The highest BCUT2D eigenvalue weighted by molar-refractivity contribution is 5.75. The molecule has 0 radical (unpaired) electrons. The molecule has 4 nitrogen and oxygen atoms in total. The van der Waals surface area contributed by atoms with Gasteiger partial charge in [-0.3, -0.25) is 10.2 Å². The predicted molar refractivity (Wildman–Crippen MR) is 81.9 cm³/mol. The molecule has 1 saturated heterocycles. The number of hydrogen-bond donors (Lipinski definition) is 2. The Morgan fingerprint density at radius 2 is 1.85 bits per heavy atom. The first-order valence-electron chi connectivity index (χ1n) is 7.48. The summed E-state index contributed by atoms with van der Waals surface area (Å²) in [5, 5.41) is 2.12. The van der Waals surface area contributed by atoms with Gasteiger partial charge in [-0.2, -0.15) is 0 Å². The van der Waals surface area contributed by atoms with Gasteiger partial charge in [-0.25, -0.2) is 5.01 Å². The smallest absolute Gasteiger partial charge is 0.234 e. The fourth-order valence-corrected chi connectivity index (χ4v) is 2.78. The van der Waals surface area contributed by atoms with Crippen LogP contribution in [0.15, 0.2) is 24.3 Å². The molecule has 2 atom stereocenters. The monoisotopic (exact) mass is 275 g/mol. The molecular formula is C16H25N3O. The molecule has 0 aliphatic carbocycles. The van der Waals surface area contributed by atoms with E-state index in [4.69, 9.17) is 5.73 Å². The Morgan fingerprint density at radius 1 is 1.25 bits per heavy atom. The fraction of sp³-hybridized carbons (Fsp3) is 0.562. The van der Waals surface area contributed by atoms with Crippen LogP contribution in [0.4, 0.5) is 5.69 Å². The number of nitrogens with one attached hydrogen (secondary N) is 1. The lowest BCUT2D eigenvalue weighted by molar-refractivity contribution is -0.129. The molecule has 4 heteroatoms. The lowest BCUT2D eigenvalue weighted by Crippen LogP contribution is -2.54. The number of rotatable bonds is 4. The standard InChI is InChI=1S/C16H25N3O/c1-12-4-3-5-13(2)19(12)18-16(20)11-8-14-6-9-15(17)10-7-14/h6-7,9-10,12-13H,3-5,8,11,17H2,1-2H3,(H,18,20). The maximum absolute atomic E-state index is 12.1. The topological polar surface area (TPSA) is 58.4 Å². The molecule has 110 valence electrons. The molecule has 20 heavy (non-hydrogen) atoms. The highest BCUT2D eigenvalue weighted by atomic mass is 16.2. The highest BCUT2D eigenvalue weighted by Gasteiger charge is 2.25. The van der Waals surface area contributed by atoms with Gasteiger partial charge in [-0.05, 0) is 50.8 Å². The lowest BCUT2D eigenvalue weighted by Gasteiger charge is -2.38. The Balaban J connectivity index is 1.81. The molecule has 1 aromatic carbocycles. The molecule has 0 saturated carbocycles. The number of aryl methyl sites for hydroxylation is 1. The number of nitrogens with two attached hydrogens (primary N) is 1. The van der Waals surface area contributed by atoms with Crippen molar-refractivity contribution >= 4 is 11.6 Å². The number of carbonyl (C=O) groups is 1. The molecule has 1 aromatic rings. The summed E-state index contributed by atoms with van der Waals surface area (Å²) in [6.45, 7) is 4.35. The van der Waals surface area contributed by atoms with E-state index in [1.165, 1.54) is 6.42 Å². The molecule has 1 aliphatic heterocycles. The van der Waals surface area contributed by atoms with Crippen LogP contribution in [0.5, 0.6) is 0 Å². The van der Waals surface area contributed by atoms with Gasteiger partial charge in [0.15, 0.2) is 0 Å². The Hall–Kier alpha value is -1.55. The van der Waals surface area contributed by atoms with Gasteiger partial charge in [-0.15, -0.1) is 0 Å². The summed E-state index contributed by atoms with van der Waals surface area (Å²) in [7, 11) is 0. The van der Waals surface area contributed by atoms with E-state index in [2.05, 4.69) is 24.3 Å². The molecule has 2 rings (SSSR count). The van der Waals surface area contributed by atoms with E-state index in [9.17, 15) is 4.79 Å². The van der Waals surface area contributed by atoms with Crippen LogP contribution in [0, 0.1) is 0 Å². The molecule has 0 bridgehead atoms. The average Bonchev–Trinajstić information content (AvgIpc) is 2.42. The van der Waals surface area contributed by atoms with Crippen LogP contribution in [0.1, 0.15) is 45.1 Å². The summed E-state index contributed by atoms with van der Waals surface area (Å²) < 4.78 is 0. The summed E-state index contributed by atoms with van der Waals surface area (Å²) in [6.07, 6.45) is 4.83. The van der Waals surface area contributed by atoms with Crippen molar-refractivity contribution in [3.63, 3.8) is 0 Å². The maximum atomic E-state index is 12.1. The number of benzene rings is 1. The van der Waals surface area contributed by atoms with Crippen molar-refractivity contribution in [1.29, 1.82) is 0 Å². The number of piperidine rings is 1. The van der Waals surface area contributed by atoms with Crippen LogP contribution in [0.3, 0.4) is 0 Å². The number of nitrogens with zero attached hydrogens (tertiary/aromatic N) is 1. The largest absolute Gasteiger partial charge is 0.399 e.